The molecular formula is C7H9Cl. The highest BCUT2D eigenvalue weighted by Crippen LogP contribution is 2.00. The first-order valence-corrected chi connectivity index (χ1v) is 2.80. The summed E-state index contributed by atoms with van der Waals surface area (Å²) in [5.41, 5.74) is 0. The molecule has 0 atom stereocenters. The van der Waals surface area contributed by atoms with Crippen LogP contribution in [0.1, 0.15) is 6.92 Å². The molecule has 0 aromatic heterocycles. The van der Waals surface area contributed by atoms with E-state index in [-0.39, 0.29) is 0 Å². The molecule has 44 valence electrons. The molecule has 0 amide bonds. The van der Waals surface area contributed by atoms with Gasteiger partial charge in [0.1, 0.15) is 0 Å². The predicted octanol–water partition coefficient (Wildman–Crippen LogP) is 2.87. The topological polar surface area (TPSA) is 0 Å². The zero-order valence-electron chi connectivity index (χ0n) is 4.89. The Morgan fingerprint density at radius 2 is 2.25 bits per heavy atom. The second-order valence-electron chi connectivity index (χ2n) is 1.28. The van der Waals surface area contributed by atoms with Gasteiger partial charge in [-0.2, -0.15) is 0 Å². The highest BCUT2D eigenvalue weighted by molar-refractivity contribution is 6.31. The zero-order valence-corrected chi connectivity index (χ0v) is 5.65. The van der Waals surface area contributed by atoms with Crippen LogP contribution in [0.15, 0.2) is 35.9 Å². The second kappa shape index (κ2) is 4.66. The molecule has 0 fully saturated rings. The van der Waals surface area contributed by atoms with Crippen LogP contribution in [0.3, 0.4) is 0 Å². The number of rotatable bonds is 2. The monoisotopic (exact) mass is 128 g/mol. The third-order valence-corrected chi connectivity index (χ3v) is 0.923. The fraction of sp³-hybridized carbons (Fsp3) is 0.143. The molecule has 0 aliphatic heterocycles. The summed E-state index contributed by atoms with van der Waals surface area (Å²) in [6.07, 6.45) is 7.16. The first-order valence-electron chi connectivity index (χ1n) is 2.42. The van der Waals surface area contributed by atoms with Crippen LogP contribution in [0.4, 0.5) is 0 Å². The molecule has 0 unspecified atom stereocenters. The number of halogens is 1. The molecule has 0 radical (unpaired) electrons. The van der Waals surface area contributed by atoms with E-state index < -0.39 is 0 Å². The highest BCUT2D eigenvalue weighted by Gasteiger charge is 1.73. The van der Waals surface area contributed by atoms with Gasteiger partial charge in [-0.25, -0.2) is 0 Å². The zero-order chi connectivity index (χ0) is 6.41. The minimum Gasteiger partial charge on any atom is -0.0976 e. The van der Waals surface area contributed by atoms with Gasteiger partial charge in [-0.05, 0) is 13.0 Å². The SMILES string of the molecule is C=C/C(Cl)=C\C=C/C. The predicted molar refractivity (Wildman–Crippen MR) is 38.9 cm³/mol. The van der Waals surface area contributed by atoms with Crippen molar-refractivity contribution < 1.29 is 0 Å². The lowest BCUT2D eigenvalue weighted by atomic mass is 10.4. The molecule has 0 heterocycles. The van der Waals surface area contributed by atoms with Gasteiger partial charge >= 0.3 is 0 Å². The highest BCUT2D eigenvalue weighted by atomic mass is 35.5. The van der Waals surface area contributed by atoms with Crippen LogP contribution in [0.25, 0.3) is 0 Å². The van der Waals surface area contributed by atoms with Crippen molar-refractivity contribution in [2.75, 3.05) is 0 Å². The molecule has 0 N–H and O–H groups in total. The van der Waals surface area contributed by atoms with Gasteiger partial charge in [0.15, 0.2) is 0 Å². The maximum atomic E-state index is 5.54. The first-order chi connectivity index (χ1) is 3.81. The Morgan fingerprint density at radius 1 is 1.62 bits per heavy atom. The standard InChI is InChI=1S/C7H9Cl/c1-3-5-6-7(8)4-2/h3-6H,2H2,1H3/b5-3-,7-6+. The molecule has 0 rings (SSSR count). The fourth-order valence-electron chi connectivity index (χ4n) is 0.256. The Morgan fingerprint density at radius 3 is 2.62 bits per heavy atom. The van der Waals surface area contributed by atoms with Crippen molar-refractivity contribution in [3.05, 3.63) is 35.9 Å². The van der Waals surface area contributed by atoms with Crippen LogP contribution in [0.2, 0.25) is 0 Å². The summed E-state index contributed by atoms with van der Waals surface area (Å²) in [5.74, 6) is 0. The average Bonchev–Trinajstić information content (AvgIpc) is 1.83. The van der Waals surface area contributed by atoms with Crippen LogP contribution in [-0.4, -0.2) is 0 Å². The lowest BCUT2D eigenvalue weighted by molar-refractivity contribution is 1.72. The van der Waals surface area contributed by atoms with Crippen LogP contribution in [0.5, 0.6) is 0 Å². The Hall–Kier alpha value is -0.490. The van der Waals surface area contributed by atoms with Gasteiger partial charge in [0.2, 0.25) is 0 Å². The van der Waals surface area contributed by atoms with Crippen molar-refractivity contribution in [3.8, 4) is 0 Å². The average molecular weight is 129 g/mol. The summed E-state index contributed by atoms with van der Waals surface area (Å²) in [4.78, 5) is 0. The van der Waals surface area contributed by atoms with Crippen molar-refractivity contribution in [1.29, 1.82) is 0 Å². The van der Waals surface area contributed by atoms with Crippen molar-refractivity contribution in [2.45, 2.75) is 6.92 Å². The van der Waals surface area contributed by atoms with Crippen LogP contribution >= 0.6 is 11.6 Å². The lowest BCUT2D eigenvalue weighted by Crippen LogP contribution is -1.55. The van der Waals surface area contributed by atoms with Gasteiger partial charge in [0.25, 0.3) is 0 Å². The van der Waals surface area contributed by atoms with Crippen LogP contribution < -0.4 is 0 Å². The van der Waals surface area contributed by atoms with Gasteiger partial charge in [-0.15, -0.1) is 0 Å². The molecule has 8 heavy (non-hydrogen) atoms. The van der Waals surface area contributed by atoms with Crippen LogP contribution in [-0.2, 0) is 0 Å². The van der Waals surface area contributed by atoms with E-state index in [2.05, 4.69) is 6.58 Å². The maximum absolute atomic E-state index is 5.54. The third kappa shape index (κ3) is 3.69. The van der Waals surface area contributed by atoms with E-state index >= 15 is 0 Å². The summed E-state index contributed by atoms with van der Waals surface area (Å²) in [5, 5.41) is 0.670. The van der Waals surface area contributed by atoms with Gasteiger partial charge < -0.3 is 0 Å². The van der Waals surface area contributed by atoms with E-state index in [4.69, 9.17) is 11.6 Å². The molecule has 0 saturated heterocycles. The van der Waals surface area contributed by atoms with Gasteiger partial charge in [-0.1, -0.05) is 36.4 Å². The smallest absolute Gasteiger partial charge is 0.0399 e. The van der Waals surface area contributed by atoms with Crippen LogP contribution in [0, 0.1) is 0 Å². The first kappa shape index (κ1) is 7.51. The number of allylic oxidation sites excluding steroid dienone is 5. The molecule has 0 spiro atoms. The fourth-order valence-corrected chi connectivity index (χ4v) is 0.329. The summed E-state index contributed by atoms with van der Waals surface area (Å²) < 4.78 is 0. The summed E-state index contributed by atoms with van der Waals surface area (Å²) in [7, 11) is 0. The molecule has 0 aliphatic carbocycles. The Kier molecular flexibility index (Phi) is 4.38. The van der Waals surface area contributed by atoms with E-state index in [0.29, 0.717) is 5.03 Å². The van der Waals surface area contributed by atoms with E-state index in [0.717, 1.165) is 0 Å². The Balaban J connectivity index is 3.74. The molecule has 0 aromatic rings. The van der Waals surface area contributed by atoms with E-state index in [9.17, 15) is 0 Å². The summed E-state index contributed by atoms with van der Waals surface area (Å²) in [6.45, 7) is 5.41. The summed E-state index contributed by atoms with van der Waals surface area (Å²) in [6, 6.07) is 0. The largest absolute Gasteiger partial charge is 0.0976 e. The van der Waals surface area contributed by atoms with Crippen molar-refractivity contribution in [2.24, 2.45) is 0 Å². The van der Waals surface area contributed by atoms with Gasteiger partial charge in [0, 0.05) is 5.03 Å². The van der Waals surface area contributed by atoms with Crippen molar-refractivity contribution >= 4 is 11.6 Å². The number of hydrogen-bond acceptors (Lipinski definition) is 0. The van der Waals surface area contributed by atoms with Crippen molar-refractivity contribution in [3.63, 3.8) is 0 Å². The number of hydrogen-bond donors (Lipinski definition) is 0. The molecule has 0 aliphatic rings. The second-order valence-corrected chi connectivity index (χ2v) is 1.72. The lowest BCUT2D eigenvalue weighted by Gasteiger charge is -1.78. The molecular weight excluding hydrogens is 120 g/mol. The molecule has 0 aromatic carbocycles. The molecule has 0 saturated carbocycles. The van der Waals surface area contributed by atoms with Crippen molar-refractivity contribution in [1.82, 2.24) is 0 Å². The molecule has 0 bridgehead atoms. The Bertz CT molecular complexity index is 120. The third-order valence-electron chi connectivity index (χ3n) is 0.643. The van der Waals surface area contributed by atoms with E-state index in [1.165, 1.54) is 0 Å². The quantitative estimate of drug-likeness (QED) is 0.502. The minimum absolute atomic E-state index is 0.670. The molecule has 1 heteroatoms. The summed E-state index contributed by atoms with van der Waals surface area (Å²) >= 11 is 5.54. The normalized spacial score (nSPS) is 12.5. The Labute approximate surface area is 55.2 Å². The van der Waals surface area contributed by atoms with Gasteiger partial charge in [0.05, 0.1) is 0 Å². The maximum Gasteiger partial charge on any atom is 0.0399 e. The van der Waals surface area contributed by atoms with E-state index in [1.54, 1.807) is 12.2 Å². The molecule has 0 nitrogen and oxygen atoms in total. The van der Waals surface area contributed by atoms with Gasteiger partial charge in [-0.3, -0.25) is 0 Å². The van der Waals surface area contributed by atoms with E-state index in [1.807, 2.05) is 19.1 Å². The minimum atomic E-state index is 0.670.